The van der Waals surface area contributed by atoms with E-state index in [4.69, 9.17) is 20.0 Å². The van der Waals surface area contributed by atoms with E-state index in [9.17, 15) is 32.8 Å². The number of carboxylic acid groups (broad SMARTS) is 1. The minimum absolute atomic E-state index is 0.0879. The van der Waals surface area contributed by atoms with E-state index in [2.05, 4.69) is 54.5 Å². The quantitative estimate of drug-likeness (QED) is 0.0191. The van der Waals surface area contributed by atoms with Gasteiger partial charge in [-0.15, -0.1) is 24.0 Å². The summed E-state index contributed by atoms with van der Waals surface area (Å²) >= 11 is 1.16. The zero-order valence-corrected chi connectivity index (χ0v) is 33.7. The number of carbonyl (C=O) groups is 2. The van der Waals surface area contributed by atoms with Crippen molar-refractivity contribution in [3.8, 4) is 17.2 Å². The molecule has 5 aromatic rings. The first-order chi connectivity index (χ1) is 29.3. The van der Waals surface area contributed by atoms with Crippen molar-refractivity contribution in [3.63, 3.8) is 0 Å². The first-order valence-corrected chi connectivity index (χ1v) is 19.6. The largest absolute Gasteiger partial charge is 0.505 e. The summed E-state index contributed by atoms with van der Waals surface area (Å²) in [6.07, 6.45) is 0. The zero-order valence-electron chi connectivity index (χ0n) is 31.2. The molecule has 0 bridgehead atoms. The van der Waals surface area contributed by atoms with Crippen LogP contribution in [0.2, 0.25) is 0 Å². The molecule has 5 N–H and O–H groups in total. The Hall–Kier alpha value is -6.46. The molecule has 1 atom stereocenters. The second kappa shape index (κ2) is 19.3. The average Bonchev–Trinajstić information content (AvgIpc) is 3.59. The van der Waals surface area contributed by atoms with Gasteiger partial charge in [0.25, 0.3) is 16.0 Å². The lowest BCUT2D eigenvalue weighted by Gasteiger charge is -2.12. The van der Waals surface area contributed by atoms with Gasteiger partial charge in [0.05, 0.1) is 60.3 Å². The molecule has 0 aromatic heterocycles. The monoisotopic (exact) mass is 896 g/mol. The molecule has 1 amide bonds. The number of nitrogens with zero attached hydrogens (tertiary/aromatic N) is 8. The number of ether oxygens (including phenoxy) is 2. The highest BCUT2D eigenvalue weighted by Crippen LogP contribution is 2.46. The van der Waals surface area contributed by atoms with Crippen LogP contribution >= 0.6 is 24.1 Å². The summed E-state index contributed by atoms with van der Waals surface area (Å²) in [6.45, 7) is 1.65. The van der Waals surface area contributed by atoms with Gasteiger partial charge in [-0.1, -0.05) is 16.1 Å². The zero-order chi connectivity index (χ0) is 43.8. The first kappa shape index (κ1) is 44.1. The van der Waals surface area contributed by atoms with E-state index in [0.29, 0.717) is 39.9 Å². The highest BCUT2D eigenvalue weighted by Gasteiger charge is 2.41. The third kappa shape index (κ3) is 10.1. The lowest BCUT2D eigenvalue weighted by molar-refractivity contribution is -0.432. The standard InChI is InChI=1S/C35H28N8O15S3/c1-17-12-26(27(54-3)16-25(17)38-37-24-11-8-21(53-2)15-29(24)61(50,51)52)39-40-30-28(60-58-56-49)13-18-4-5-19(14-23(18)33(30)44)36-41-31-32(35(46)47)42-43(34(31)45)20-6-9-22(10-7-20)59-57-55-48/h4-16,31,44,48-49H,1-3H3,(H,46,47)(H,50,51,52). The molecule has 0 fully saturated rings. The Balaban J connectivity index is 1.30. The molecule has 1 heterocycles. The normalized spacial score (nSPS) is 14.5. The number of amides is 1. The third-order valence-electron chi connectivity index (χ3n) is 8.32. The molecule has 0 saturated carbocycles. The molecule has 0 aliphatic carbocycles. The van der Waals surface area contributed by atoms with Gasteiger partial charge in [-0.05, 0) is 78.5 Å². The maximum Gasteiger partial charge on any atom is 0.355 e. The number of aromatic hydroxyl groups is 1. The number of phenols is 1. The number of fused-ring (bicyclic) bond motifs is 1. The van der Waals surface area contributed by atoms with Gasteiger partial charge in [0.1, 0.15) is 33.5 Å². The van der Waals surface area contributed by atoms with Crippen LogP contribution in [-0.4, -0.2) is 71.5 Å². The van der Waals surface area contributed by atoms with Crippen molar-refractivity contribution >= 4 is 96.7 Å². The molecule has 0 radical (unpaired) electrons. The Kier molecular flexibility index (Phi) is 13.9. The second-order valence-corrected chi connectivity index (χ2v) is 14.9. The Morgan fingerprint density at radius 3 is 2.20 bits per heavy atom. The molecule has 1 aliphatic rings. The number of carboxylic acids is 1. The Labute approximate surface area is 351 Å². The summed E-state index contributed by atoms with van der Waals surface area (Å²) in [5, 5.41) is 75.8. The van der Waals surface area contributed by atoms with Crippen molar-refractivity contribution in [2.75, 3.05) is 19.2 Å². The summed E-state index contributed by atoms with van der Waals surface area (Å²) in [7, 11) is -2.02. The van der Waals surface area contributed by atoms with Crippen LogP contribution in [-0.2, 0) is 38.5 Å². The number of benzene rings is 5. The molecule has 0 spiro atoms. The van der Waals surface area contributed by atoms with Crippen LogP contribution in [0.15, 0.2) is 129 Å². The number of hydrogen-bond acceptors (Lipinski definition) is 22. The predicted molar refractivity (Wildman–Crippen MR) is 213 cm³/mol. The van der Waals surface area contributed by atoms with Gasteiger partial charge < -0.3 is 19.7 Å². The molecule has 316 valence electrons. The summed E-state index contributed by atoms with van der Waals surface area (Å²) in [4.78, 5) is 25.4. The number of carbonyl (C=O) groups excluding carboxylic acids is 1. The minimum atomic E-state index is -4.69. The lowest BCUT2D eigenvalue weighted by atomic mass is 10.1. The molecule has 61 heavy (non-hydrogen) atoms. The predicted octanol–water partition coefficient (Wildman–Crippen LogP) is 8.74. The smallest absolute Gasteiger partial charge is 0.355 e. The number of azo groups is 3. The molecule has 6 rings (SSSR count). The second-order valence-electron chi connectivity index (χ2n) is 12.0. The van der Waals surface area contributed by atoms with Gasteiger partial charge in [0.2, 0.25) is 6.04 Å². The van der Waals surface area contributed by atoms with Crippen LogP contribution in [0, 0.1) is 6.92 Å². The number of hydrogen-bond donors (Lipinski definition) is 5. The molecule has 1 aliphatic heterocycles. The molecule has 5 aromatic carbocycles. The Morgan fingerprint density at radius 2 is 1.52 bits per heavy atom. The van der Waals surface area contributed by atoms with Crippen molar-refractivity contribution in [2.24, 2.45) is 35.8 Å². The molecular formula is C35H28N8O15S3. The number of anilines is 1. The van der Waals surface area contributed by atoms with Gasteiger partial charge in [-0.3, -0.25) is 9.35 Å². The average molecular weight is 897 g/mol. The van der Waals surface area contributed by atoms with E-state index in [-0.39, 0.29) is 55.9 Å². The van der Waals surface area contributed by atoms with Crippen LogP contribution in [0.4, 0.5) is 34.1 Å². The van der Waals surface area contributed by atoms with E-state index in [1.807, 2.05) is 0 Å². The first-order valence-electron chi connectivity index (χ1n) is 16.7. The van der Waals surface area contributed by atoms with Crippen LogP contribution in [0.5, 0.6) is 17.2 Å². The Bertz CT molecular complexity index is 2740. The lowest BCUT2D eigenvalue weighted by Crippen LogP contribution is -2.32. The molecule has 0 saturated heterocycles. The number of rotatable bonds is 17. The number of aryl methyl sites for hydroxylation is 1. The van der Waals surface area contributed by atoms with Crippen LogP contribution in [0.1, 0.15) is 5.56 Å². The highest BCUT2D eigenvalue weighted by atomic mass is 32.2. The Morgan fingerprint density at radius 1 is 0.820 bits per heavy atom. The van der Waals surface area contributed by atoms with E-state index in [1.54, 1.807) is 6.92 Å². The van der Waals surface area contributed by atoms with Gasteiger partial charge in [0, 0.05) is 22.4 Å². The number of phenolic OH excluding ortho intramolecular Hbond substituents is 1. The third-order valence-corrected chi connectivity index (χ3v) is 10.4. The van der Waals surface area contributed by atoms with E-state index >= 15 is 0 Å². The van der Waals surface area contributed by atoms with E-state index in [1.165, 1.54) is 87.0 Å². The van der Waals surface area contributed by atoms with Gasteiger partial charge in [0.15, 0.2) is 11.5 Å². The summed E-state index contributed by atoms with van der Waals surface area (Å²) in [5.41, 5.74) is 0.195. The topological polar surface area (TPSA) is 315 Å². The fraction of sp³-hybridized carbons (Fsp3) is 0.114. The fourth-order valence-corrected chi connectivity index (χ4v) is 6.94. The maximum absolute atomic E-state index is 13.3. The molecule has 26 heteroatoms. The van der Waals surface area contributed by atoms with Crippen molar-refractivity contribution < 1.29 is 71.5 Å². The van der Waals surface area contributed by atoms with Crippen LogP contribution < -0.4 is 14.5 Å². The van der Waals surface area contributed by atoms with Crippen molar-refractivity contribution in [2.45, 2.75) is 27.7 Å². The number of hydrazone groups is 1. The van der Waals surface area contributed by atoms with E-state index < -0.39 is 44.4 Å². The summed E-state index contributed by atoms with van der Waals surface area (Å²) in [5.74, 6) is -2.49. The van der Waals surface area contributed by atoms with Crippen molar-refractivity contribution in [3.05, 3.63) is 84.4 Å². The van der Waals surface area contributed by atoms with Crippen LogP contribution in [0.3, 0.4) is 0 Å². The van der Waals surface area contributed by atoms with Gasteiger partial charge in [-0.25, -0.2) is 15.3 Å². The molecular weight excluding hydrogens is 869 g/mol. The molecule has 1 unspecified atom stereocenters. The molecule has 23 nitrogen and oxygen atoms in total. The minimum Gasteiger partial charge on any atom is -0.505 e. The highest BCUT2D eigenvalue weighted by molar-refractivity contribution is 7.95. The fourth-order valence-electron chi connectivity index (χ4n) is 5.45. The maximum atomic E-state index is 13.3. The van der Waals surface area contributed by atoms with E-state index in [0.717, 1.165) is 11.1 Å². The van der Waals surface area contributed by atoms with Crippen molar-refractivity contribution in [1.29, 1.82) is 0 Å². The van der Waals surface area contributed by atoms with Gasteiger partial charge in [-0.2, -0.15) is 33.9 Å². The van der Waals surface area contributed by atoms with Crippen molar-refractivity contribution in [1.82, 2.24) is 0 Å². The summed E-state index contributed by atoms with van der Waals surface area (Å²) < 4.78 is 53.2. The van der Waals surface area contributed by atoms with Gasteiger partial charge >= 0.3 is 5.97 Å². The number of aliphatic carboxylic acids is 1. The number of methoxy groups -OCH3 is 2. The summed E-state index contributed by atoms with van der Waals surface area (Å²) in [6, 6.07) is 16.9. The van der Waals surface area contributed by atoms with Crippen LogP contribution in [0.25, 0.3) is 10.8 Å². The SMILES string of the molecule is COc1ccc(N=Nc2cc(OC)c(N=Nc3c(SOOO)cc4ccc(N=NC5C(=O)N(c6ccc(SOOO)cc6)N=C5C(=O)O)cc4c3O)cc2C)c(S(=O)(=O)O)c1.